The Balaban J connectivity index is 0. The third kappa shape index (κ3) is 5.01. The maximum Gasteiger partial charge on any atom is 0.323 e. The molecule has 0 aliphatic heterocycles. The Morgan fingerprint density at radius 2 is 2.18 bits per heavy atom. The third-order valence-corrected chi connectivity index (χ3v) is 1.22. The molecule has 0 aliphatic carbocycles. The Morgan fingerprint density at radius 3 is 2.45 bits per heavy atom. The molecular formula is C6H14ClNO3. The van der Waals surface area contributed by atoms with E-state index in [0.29, 0.717) is 6.61 Å². The van der Waals surface area contributed by atoms with Gasteiger partial charge in [0.25, 0.3) is 0 Å². The topological polar surface area (TPSA) is 72.5 Å². The fourth-order valence-electron chi connectivity index (χ4n) is 0.567. The molecule has 0 aromatic carbocycles. The molecule has 2 atom stereocenters. The number of hydrogen-bond acceptors (Lipinski definition) is 3. The molecule has 11 heavy (non-hydrogen) atoms. The quantitative estimate of drug-likeness (QED) is 0.655. The second kappa shape index (κ2) is 6.39. The minimum Gasteiger partial charge on any atom is -0.480 e. The molecule has 0 aromatic rings. The van der Waals surface area contributed by atoms with Crippen LogP contribution in [0.15, 0.2) is 0 Å². The number of ether oxygens (including phenoxy) is 1. The highest BCUT2D eigenvalue weighted by atomic mass is 35.5. The molecule has 0 saturated carbocycles. The molecule has 0 aromatic heterocycles. The van der Waals surface area contributed by atoms with Crippen molar-refractivity contribution in [3.8, 4) is 0 Å². The molecule has 0 fully saturated rings. The number of nitrogens with two attached hydrogens (primary N) is 1. The summed E-state index contributed by atoms with van der Waals surface area (Å²) in [6, 6.07) is -0.917. The molecule has 4 nitrogen and oxygen atoms in total. The van der Waals surface area contributed by atoms with Crippen LogP contribution in [0.2, 0.25) is 0 Å². The molecule has 5 heteroatoms. The number of hydrogen-bond donors (Lipinski definition) is 2. The van der Waals surface area contributed by atoms with Crippen molar-refractivity contribution in [1.82, 2.24) is 0 Å². The highest BCUT2D eigenvalue weighted by Crippen LogP contribution is 1.95. The van der Waals surface area contributed by atoms with Gasteiger partial charge >= 0.3 is 5.97 Å². The van der Waals surface area contributed by atoms with E-state index in [1.807, 2.05) is 0 Å². The molecule has 0 amide bonds. The van der Waals surface area contributed by atoms with Crippen molar-refractivity contribution in [2.24, 2.45) is 5.73 Å². The second-order valence-corrected chi connectivity index (χ2v) is 2.02. The SMILES string of the molecule is CCO[C@@H](C)[C@H](N)C(=O)O.Cl. The summed E-state index contributed by atoms with van der Waals surface area (Å²) in [6.07, 6.45) is -0.414. The maximum absolute atomic E-state index is 10.2. The fraction of sp³-hybridized carbons (Fsp3) is 0.833. The molecule has 3 N–H and O–H groups in total. The molecular weight excluding hydrogens is 170 g/mol. The number of carboxylic acids is 1. The first kappa shape index (κ1) is 13.3. The average Bonchev–Trinajstić information content (AvgIpc) is 1.87. The van der Waals surface area contributed by atoms with Gasteiger partial charge < -0.3 is 15.6 Å². The van der Waals surface area contributed by atoms with Crippen LogP contribution in [0.1, 0.15) is 13.8 Å². The first-order valence-electron chi connectivity index (χ1n) is 3.19. The number of aliphatic carboxylic acids is 1. The zero-order valence-corrected chi connectivity index (χ0v) is 7.43. The van der Waals surface area contributed by atoms with Crippen molar-refractivity contribution in [3.63, 3.8) is 0 Å². The molecule has 0 saturated heterocycles. The van der Waals surface area contributed by atoms with Crippen molar-refractivity contribution in [2.75, 3.05) is 6.61 Å². The number of carbonyl (C=O) groups is 1. The van der Waals surface area contributed by atoms with E-state index in [-0.39, 0.29) is 12.4 Å². The van der Waals surface area contributed by atoms with Crippen molar-refractivity contribution < 1.29 is 14.6 Å². The minimum atomic E-state index is -1.03. The average molecular weight is 184 g/mol. The molecule has 0 spiro atoms. The van der Waals surface area contributed by atoms with Crippen LogP contribution in [0, 0.1) is 0 Å². The number of carboxylic acid groups (broad SMARTS) is 1. The summed E-state index contributed by atoms with van der Waals surface area (Å²) in [5.41, 5.74) is 5.22. The summed E-state index contributed by atoms with van der Waals surface area (Å²) < 4.78 is 4.96. The molecule has 0 heterocycles. The summed E-state index contributed by atoms with van der Waals surface area (Å²) in [7, 11) is 0. The summed E-state index contributed by atoms with van der Waals surface area (Å²) in [5.74, 6) is -1.03. The Labute approximate surface area is 72.1 Å². The third-order valence-electron chi connectivity index (χ3n) is 1.22. The minimum absolute atomic E-state index is 0. The van der Waals surface area contributed by atoms with E-state index in [4.69, 9.17) is 15.6 Å². The molecule has 0 radical (unpaired) electrons. The lowest BCUT2D eigenvalue weighted by molar-refractivity contribution is -0.141. The van der Waals surface area contributed by atoms with Crippen molar-refractivity contribution in [1.29, 1.82) is 0 Å². The molecule has 0 unspecified atom stereocenters. The van der Waals surface area contributed by atoms with E-state index < -0.39 is 18.1 Å². The van der Waals surface area contributed by atoms with E-state index in [2.05, 4.69) is 0 Å². The standard InChI is InChI=1S/C6H13NO3.ClH/c1-3-10-4(2)5(7)6(8)9;/h4-5H,3,7H2,1-2H3,(H,8,9);1H/t4-,5-;/m0./s1. The normalized spacial score (nSPS) is 14.8. The van der Waals surface area contributed by atoms with Crippen LogP contribution in [-0.2, 0) is 9.53 Å². The van der Waals surface area contributed by atoms with Crippen LogP contribution in [0.3, 0.4) is 0 Å². The second-order valence-electron chi connectivity index (χ2n) is 2.02. The van der Waals surface area contributed by atoms with Gasteiger partial charge in [0.1, 0.15) is 6.04 Å². The van der Waals surface area contributed by atoms with Crippen LogP contribution in [-0.4, -0.2) is 29.8 Å². The molecule has 0 aliphatic rings. The van der Waals surface area contributed by atoms with Gasteiger partial charge in [-0.1, -0.05) is 0 Å². The smallest absolute Gasteiger partial charge is 0.323 e. The van der Waals surface area contributed by atoms with Gasteiger partial charge in [-0.25, -0.2) is 0 Å². The Bertz CT molecular complexity index is 120. The lowest BCUT2D eigenvalue weighted by Crippen LogP contribution is -2.41. The van der Waals surface area contributed by atoms with Crippen LogP contribution in [0.5, 0.6) is 0 Å². The van der Waals surface area contributed by atoms with E-state index in [0.717, 1.165) is 0 Å². The molecule has 0 rings (SSSR count). The lowest BCUT2D eigenvalue weighted by atomic mass is 10.2. The van der Waals surface area contributed by atoms with Crippen LogP contribution in [0.25, 0.3) is 0 Å². The summed E-state index contributed by atoms with van der Waals surface area (Å²) >= 11 is 0. The number of halogens is 1. The Morgan fingerprint density at radius 1 is 1.73 bits per heavy atom. The predicted molar refractivity (Wildman–Crippen MR) is 43.9 cm³/mol. The van der Waals surface area contributed by atoms with Gasteiger partial charge in [0, 0.05) is 6.61 Å². The summed E-state index contributed by atoms with van der Waals surface area (Å²) in [6.45, 7) is 3.93. The highest BCUT2D eigenvalue weighted by molar-refractivity contribution is 5.85. The van der Waals surface area contributed by atoms with Crippen LogP contribution >= 0.6 is 12.4 Å². The van der Waals surface area contributed by atoms with Crippen molar-refractivity contribution in [3.05, 3.63) is 0 Å². The molecule has 0 bridgehead atoms. The Kier molecular flexibility index (Phi) is 7.72. The fourth-order valence-corrected chi connectivity index (χ4v) is 0.567. The van der Waals surface area contributed by atoms with E-state index in [9.17, 15) is 4.79 Å². The van der Waals surface area contributed by atoms with Crippen molar-refractivity contribution >= 4 is 18.4 Å². The van der Waals surface area contributed by atoms with Gasteiger partial charge in [-0.15, -0.1) is 12.4 Å². The zero-order valence-electron chi connectivity index (χ0n) is 6.61. The largest absolute Gasteiger partial charge is 0.480 e. The Hall–Kier alpha value is -0.320. The zero-order chi connectivity index (χ0) is 8.15. The monoisotopic (exact) mass is 183 g/mol. The van der Waals surface area contributed by atoms with Crippen molar-refractivity contribution in [2.45, 2.75) is 26.0 Å². The van der Waals surface area contributed by atoms with Gasteiger partial charge in [-0.05, 0) is 13.8 Å². The first-order chi connectivity index (χ1) is 4.59. The van der Waals surface area contributed by atoms with E-state index in [1.165, 1.54) is 0 Å². The van der Waals surface area contributed by atoms with Gasteiger partial charge in [-0.3, -0.25) is 4.79 Å². The van der Waals surface area contributed by atoms with E-state index >= 15 is 0 Å². The van der Waals surface area contributed by atoms with Gasteiger partial charge in [0.05, 0.1) is 6.10 Å². The first-order valence-corrected chi connectivity index (χ1v) is 3.19. The lowest BCUT2D eigenvalue weighted by Gasteiger charge is -2.14. The van der Waals surface area contributed by atoms with E-state index in [1.54, 1.807) is 13.8 Å². The highest BCUT2D eigenvalue weighted by Gasteiger charge is 2.19. The predicted octanol–water partition coefficient (Wildman–Crippen LogP) is 0.245. The summed E-state index contributed by atoms with van der Waals surface area (Å²) in [4.78, 5) is 10.2. The van der Waals surface area contributed by atoms with Crippen LogP contribution < -0.4 is 5.73 Å². The summed E-state index contributed by atoms with van der Waals surface area (Å²) in [5, 5.41) is 8.37. The van der Waals surface area contributed by atoms with Gasteiger partial charge in [0.15, 0.2) is 0 Å². The van der Waals surface area contributed by atoms with Gasteiger partial charge in [-0.2, -0.15) is 0 Å². The maximum atomic E-state index is 10.2. The van der Waals surface area contributed by atoms with Crippen LogP contribution in [0.4, 0.5) is 0 Å². The van der Waals surface area contributed by atoms with Gasteiger partial charge in [0.2, 0.25) is 0 Å². The molecule has 68 valence electrons. The number of rotatable bonds is 4.